The Hall–Kier alpha value is -2.61. The molecule has 0 radical (unpaired) electrons. The van der Waals surface area contributed by atoms with Crippen LogP contribution in [-0.2, 0) is 4.74 Å². The van der Waals surface area contributed by atoms with Crippen molar-refractivity contribution in [3.8, 4) is 17.1 Å². The maximum atomic E-state index is 6.02. The van der Waals surface area contributed by atoms with E-state index in [1.165, 1.54) is 77.1 Å². The summed E-state index contributed by atoms with van der Waals surface area (Å²) in [7, 11) is 0. The van der Waals surface area contributed by atoms with Crippen molar-refractivity contribution in [1.82, 2.24) is 19.8 Å². The maximum absolute atomic E-state index is 6.02. The second-order valence-electron chi connectivity index (χ2n) is 10.7. The van der Waals surface area contributed by atoms with Crippen LogP contribution in [0.5, 0.6) is 5.75 Å². The van der Waals surface area contributed by atoms with Crippen LogP contribution in [0.15, 0.2) is 42.5 Å². The van der Waals surface area contributed by atoms with Crippen LogP contribution in [0, 0.1) is 0 Å². The summed E-state index contributed by atoms with van der Waals surface area (Å²) in [6.45, 7) is 14.0. The molecule has 206 valence electrons. The van der Waals surface area contributed by atoms with Gasteiger partial charge in [0.05, 0.1) is 30.9 Å². The lowest BCUT2D eigenvalue weighted by Gasteiger charge is -2.34. The first-order valence-corrected chi connectivity index (χ1v) is 14.8. The van der Waals surface area contributed by atoms with E-state index in [0.717, 1.165) is 67.5 Å². The number of nitrogens with one attached hydrogen (secondary N) is 1. The van der Waals surface area contributed by atoms with Gasteiger partial charge in [-0.3, -0.25) is 0 Å². The summed E-state index contributed by atoms with van der Waals surface area (Å²) in [6, 6.07) is 14.8. The Bertz CT molecular complexity index is 1100. The second kappa shape index (κ2) is 14.0. The predicted octanol–water partition coefficient (Wildman–Crippen LogP) is 5.42. The third-order valence-corrected chi connectivity index (χ3v) is 7.90. The Morgan fingerprint density at radius 2 is 1.53 bits per heavy atom. The molecule has 2 aliphatic rings. The number of benzene rings is 2. The molecule has 1 aromatic heterocycles. The van der Waals surface area contributed by atoms with Crippen LogP contribution in [0.1, 0.15) is 45.4 Å². The Morgan fingerprint density at radius 3 is 2.24 bits per heavy atom. The predicted molar refractivity (Wildman–Crippen MR) is 156 cm³/mol. The van der Waals surface area contributed by atoms with Gasteiger partial charge < -0.3 is 29.2 Å². The maximum Gasteiger partial charge on any atom is 0.138 e. The molecule has 38 heavy (non-hydrogen) atoms. The van der Waals surface area contributed by atoms with Crippen LogP contribution < -0.4 is 9.64 Å². The molecule has 2 aromatic carbocycles. The van der Waals surface area contributed by atoms with E-state index in [9.17, 15) is 0 Å². The number of piperazine rings is 1. The molecule has 2 saturated heterocycles. The number of anilines is 1. The smallest absolute Gasteiger partial charge is 0.138 e. The molecule has 2 fully saturated rings. The van der Waals surface area contributed by atoms with E-state index in [1.807, 2.05) is 0 Å². The number of hydrogen-bond donors (Lipinski definition) is 1. The third kappa shape index (κ3) is 7.49. The molecular formula is C31H45N5O2. The molecule has 0 aliphatic carbocycles. The number of rotatable bonds is 13. The summed E-state index contributed by atoms with van der Waals surface area (Å²) in [5, 5.41) is 0. The quantitative estimate of drug-likeness (QED) is 0.304. The monoisotopic (exact) mass is 519 g/mol. The Labute approximate surface area is 228 Å². The average molecular weight is 520 g/mol. The van der Waals surface area contributed by atoms with Gasteiger partial charge in [0.1, 0.15) is 11.6 Å². The second-order valence-corrected chi connectivity index (χ2v) is 10.7. The van der Waals surface area contributed by atoms with E-state index in [4.69, 9.17) is 14.5 Å². The largest absolute Gasteiger partial charge is 0.494 e. The van der Waals surface area contributed by atoms with E-state index in [0.29, 0.717) is 0 Å². The van der Waals surface area contributed by atoms with Gasteiger partial charge in [0.2, 0.25) is 0 Å². The zero-order valence-corrected chi connectivity index (χ0v) is 23.2. The van der Waals surface area contributed by atoms with E-state index in [1.54, 1.807) is 0 Å². The van der Waals surface area contributed by atoms with Crippen molar-refractivity contribution in [3.63, 3.8) is 0 Å². The number of fused-ring (bicyclic) bond motifs is 1. The lowest BCUT2D eigenvalue weighted by atomic mass is 10.2. The summed E-state index contributed by atoms with van der Waals surface area (Å²) in [6.07, 6.45) is 7.63. The zero-order valence-electron chi connectivity index (χ0n) is 23.2. The lowest BCUT2D eigenvalue weighted by Crippen LogP contribution is -2.46. The standard InChI is InChI=1S/C31H45N5O2/c1-2-3-5-14-34-16-18-35(19-17-34)15-6-4-7-22-38-28-11-8-26(9-12-28)31-32-29-13-10-27(25-30(29)33-31)36-20-23-37-24-21-36/h8-13,25H,2-7,14-24H2,1H3,(H,32,33). The lowest BCUT2D eigenvalue weighted by molar-refractivity contribution is 0.122. The van der Waals surface area contributed by atoms with Crippen molar-refractivity contribution in [3.05, 3.63) is 42.5 Å². The number of aromatic nitrogens is 2. The highest BCUT2D eigenvalue weighted by Crippen LogP contribution is 2.26. The number of unbranched alkanes of at least 4 members (excludes halogenated alkanes) is 4. The van der Waals surface area contributed by atoms with Crippen molar-refractivity contribution in [2.75, 3.05) is 77.1 Å². The summed E-state index contributed by atoms with van der Waals surface area (Å²) >= 11 is 0. The molecule has 2 aliphatic heterocycles. The number of H-pyrrole nitrogens is 1. The fourth-order valence-electron chi connectivity index (χ4n) is 5.49. The minimum atomic E-state index is 0.777. The number of imidazole rings is 1. The number of ether oxygens (including phenoxy) is 2. The number of nitrogens with zero attached hydrogens (tertiary/aromatic N) is 4. The van der Waals surface area contributed by atoms with E-state index in [-0.39, 0.29) is 0 Å². The molecule has 7 nitrogen and oxygen atoms in total. The zero-order chi connectivity index (χ0) is 26.0. The fourth-order valence-corrected chi connectivity index (χ4v) is 5.49. The van der Waals surface area contributed by atoms with Crippen molar-refractivity contribution in [1.29, 1.82) is 0 Å². The number of hydrogen-bond acceptors (Lipinski definition) is 6. The van der Waals surface area contributed by atoms with Crippen LogP contribution in [0.2, 0.25) is 0 Å². The molecule has 5 rings (SSSR count). The molecule has 0 spiro atoms. The van der Waals surface area contributed by atoms with Gasteiger partial charge in [0.25, 0.3) is 0 Å². The summed E-state index contributed by atoms with van der Waals surface area (Å²) in [5.74, 6) is 1.83. The molecule has 0 atom stereocenters. The molecule has 3 heterocycles. The Morgan fingerprint density at radius 1 is 0.816 bits per heavy atom. The van der Waals surface area contributed by atoms with Gasteiger partial charge >= 0.3 is 0 Å². The number of morpholine rings is 1. The Balaban J connectivity index is 1.00. The molecular weight excluding hydrogens is 474 g/mol. The van der Waals surface area contributed by atoms with Crippen molar-refractivity contribution >= 4 is 16.7 Å². The van der Waals surface area contributed by atoms with E-state index < -0.39 is 0 Å². The summed E-state index contributed by atoms with van der Waals surface area (Å²) in [5.41, 5.74) is 4.36. The fraction of sp³-hybridized carbons (Fsp3) is 0.581. The van der Waals surface area contributed by atoms with Crippen LogP contribution >= 0.6 is 0 Å². The van der Waals surface area contributed by atoms with Gasteiger partial charge in [-0.05, 0) is 81.2 Å². The first kappa shape index (κ1) is 27.0. The Kier molecular flexibility index (Phi) is 9.92. The molecule has 3 aromatic rings. The van der Waals surface area contributed by atoms with Crippen molar-refractivity contribution < 1.29 is 9.47 Å². The van der Waals surface area contributed by atoms with E-state index in [2.05, 4.69) is 69.1 Å². The highest BCUT2D eigenvalue weighted by molar-refractivity contribution is 5.83. The van der Waals surface area contributed by atoms with Crippen LogP contribution in [0.3, 0.4) is 0 Å². The van der Waals surface area contributed by atoms with Crippen LogP contribution in [-0.4, -0.2) is 91.9 Å². The van der Waals surface area contributed by atoms with Gasteiger partial charge in [-0.1, -0.05) is 19.8 Å². The van der Waals surface area contributed by atoms with Gasteiger partial charge in [-0.2, -0.15) is 0 Å². The van der Waals surface area contributed by atoms with Crippen molar-refractivity contribution in [2.45, 2.75) is 45.4 Å². The van der Waals surface area contributed by atoms with Gasteiger partial charge in [-0.25, -0.2) is 4.98 Å². The van der Waals surface area contributed by atoms with Crippen LogP contribution in [0.4, 0.5) is 5.69 Å². The normalized spacial score (nSPS) is 17.3. The van der Waals surface area contributed by atoms with Crippen molar-refractivity contribution in [2.24, 2.45) is 0 Å². The molecule has 0 saturated carbocycles. The van der Waals surface area contributed by atoms with Gasteiger partial charge in [-0.15, -0.1) is 0 Å². The third-order valence-electron chi connectivity index (χ3n) is 7.90. The minimum Gasteiger partial charge on any atom is -0.494 e. The van der Waals surface area contributed by atoms with Gasteiger partial charge in [0.15, 0.2) is 0 Å². The molecule has 7 heteroatoms. The number of aromatic amines is 1. The van der Waals surface area contributed by atoms with Gasteiger partial charge in [0, 0.05) is 50.5 Å². The van der Waals surface area contributed by atoms with E-state index >= 15 is 0 Å². The summed E-state index contributed by atoms with van der Waals surface area (Å²) in [4.78, 5) is 16.0. The topological polar surface area (TPSA) is 56.9 Å². The van der Waals surface area contributed by atoms with Crippen LogP contribution in [0.25, 0.3) is 22.4 Å². The highest BCUT2D eigenvalue weighted by Gasteiger charge is 2.16. The summed E-state index contributed by atoms with van der Waals surface area (Å²) < 4.78 is 11.5. The molecule has 0 bridgehead atoms. The molecule has 1 N–H and O–H groups in total. The molecule has 0 unspecified atom stereocenters. The average Bonchev–Trinajstić information content (AvgIpc) is 3.40. The minimum absolute atomic E-state index is 0.777. The highest BCUT2D eigenvalue weighted by atomic mass is 16.5. The first-order chi connectivity index (χ1) is 18.8. The molecule has 0 amide bonds. The first-order valence-electron chi connectivity index (χ1n) is 14.8. The SMILES string of the molecule is CCCCCN1CCN(CCCCCOc2ccc(-c3nc4ccc(N5CCOCC5)cc4[nH]3)cc2)CC1.